The summed E-state index contributed by atoms with van der Waals surface area (Å²) >= 11 is 0. The molecule has 0 radical (unpaired) electrons. The molecule has 82 valence electrons. The lowest BCUT2D eigenvalue weighted by Crippen LogP contribution is -2.50. The van der Waals surface area contributed by atoms with Gasteiger partial charge in [-0.15, -0.1) is 0 Å². The Morgan fingerprint density at radius 1 is 1.50 bits per heavy atom. The second-order valence-corrected chi connectivity index (χ2v) is 4.41. The Morgan fingerprint density at radius 3 is 2.57 bits per heavy atom. The van der Waals surface area contributed by atoms with E-state index in [2.05, 4.69) is 24.5 Å². The second kappa shape index (κ2) is 5.35. The van der Waals surface area contributed by atoms with Crippen molar-refractivity contribution < 1.29 is 4.79 Å². The van der Waals surface area contributed by atoms with Crippen LogP contribution in [0.2, 0.25) is 0 Å². The first-order valence-electron chi connectivity index (χ1n) is 5.66. The molecule has 14 heavy (non-hydrogen) atoms. The number of hydrogen-bond acceptors (Lipinski definition) is 2. The number of hydrogen-bond donors (Lipinski definition) is 2. The van der Waals surface area contributed by atoms with Crippen LogP contribution >= 0.6 is 0 Å². The van der Waals surface area contributed by atoms with Crippen molar-refractivity contribution in [2.24, 2.45) is 11.8 Å². The summed E-state index contributed by atoms with van der Waals surface area (Å²) in [5.74, 6) is 0.928. The second-order valence-electron chi connectivity index (χ2n) is 4.41. The van der Waals surface area contributed by atoms with E-state index < -0.39 is 0 Å². The van der Waals surface area contributed by atoms with E-state index in [9.17, 15) is 4.79 Å². The molecule has 1 aliphatic heterocycles. The third-order valence-electron chi connectivity index (χ3n) is 3.04. The third-order valence-corrected chi connectivity index (χ3v) is 3.04. The zero-order valence-corrected chi connectivity index (χ0v) is 9.47. The largest absolute Gasteiger partial charge is 0.353 e. The molecule has 2 N–H and O–H groups in total. The zero-order chi connectivity index (χ0) is 10.6. The van der Waals surface area contributed by atoms with Crippen molar-refractivity contribution in [1.82, 2.24) is 10.6 Å². The van der Waals surface area contributed by atoms with Crippen LogP contribution in [0.5, 0.6) is 0 Å². The van der Waals surface area contributed by atoms with E-state index in [-0.39, 0.29) is 11.8 Å². The van der Waals surface area contributed by atoms with Gasteiger partial charge in [-0.3, -0.25) is 4.79 Å². The first-order valence-corrected chi connectivity index (χ1v) is 5.66. The molecular weight excluding hydrogens is 176 g/mol. The summed E-state index contributed by atoms with van der Waals surface area (Å²) in [6.07, 6.45) is 2.20. The van der Waals surface area contributed by atoms with Gasteiger partial charge in [0.1, 0.15) is 0 Å². The van der Waals surface area contributed by atoms with E-state index in [1.807, 2.05) is 6.92 Å². The number of carbonyl (C=O) groups is 1. The average Bonchev–Trinajstić information content (AvgIpc) is 2.01. The van der Waals surface area contributed by atoms with Crippen molar-refractivity contribution in [3.8, 4) is 0 Å². The molecule has 1 fully saturated rings. The first kappa shape index (κ1) is 11.5. The predicted molar refractivity (Wildman–Crippen MR) is 58.0 cm³/mol. The smallest absolute Gasteiger partial charge is 0.223 e. The summed E-state index contributed by atoms with van der Waals surface area (Å²) in [5.41, 5.74) is 0. The molecular formula is C11H22N2O. The van der Waals surface area contributed by atoms with Crippen molar-refractivity contribution in [2.75, 3.05) is 13.1 Å². The zero-order valence-electron chi connectivity index (χ0n) is 9.47. The molecule has 3 nitrogen and oxygen atoms in total. The van der Waals surface area contributed by atoms with Gasteiger partial charge in [0.2, 0.25) is 5.91 Å². The maximum absolute atomic E-state index is 11.7. The Hall–Kier alpha value is -0.570. The molecule has 1 heterocycles. The molecule has 0 saturated carbocycles. The van der Waals surface area contributed by atoms with Gasteiger partial charge in [0.25, 0.3) is 0 Å². The minimum atomic E-state index is 0.163. The van der Waals surface area contributed by atoms with Crippen LogP contribution in [0, 0.1) is 11.8 Å². The van der Waals surface area contributed by atoms with Gasteiger partial charge in [-0.05, 0) is 32.4 Å². The lowest BCUT2D eigenvalue weighted by molar-refractivity contribution is -0.127. The summed E-state index contributed by atoms with van der Waals surface area (Å²) in [7, 11) is 0. The van der Waals surface area contributed by atoms with E-state index in [4.69, 9.17) is 0 Å². The summed E-state index contributed by atoms with van der Waals surface area (Å²) in [5, 5.41) is 6.26. The van der Waals surface area contributed by atoms with Crippen LogP contribution in [0.1, 0.15) is 33.6 Å². The van der Waals surface area contributed by atoms with Crippen LogP contribution in [0.4, 0.5) is 0 Å². The van der Waals surface area contributed by atoms with Crippen molar-refractivity contribution in [1.29, 1.82) is 0 Å². The molecule has 2 unspecified atom stereocenters. The molecule has 0 aromatic rings. The highest BCUT2D eigenvalue weighted by atomic mass is 16.1. The minimum Gasteiger partial charge on any atom is -0.353 e. The summed E-state index contributed by atoms with van der Waals surface area (Å²) < 4.78 is 0. The fraction of sp³-hybridized carbons (Fsp3) is 0.909. The molecule has 1 amide bonds. The predicted octanol–water partition coefficient (Wildman–Crippen LogP) is 1.15. The van der Waals surface area contributed by atoms with E-state index >= 15 is 0 Å². The third kappa shape index (κ3) is 2.98. The number of carbonyl (C=O) groups excluding carboxylic acids is 1. The van der Waals surface area contributed by atoms with Gasteiger partial charge in [-0.25, -0.2) is 0 Å². The normalized spacial score (nSPS) is 21.1. The molecule has 1 aliphatic rings. The van der Waals surface area contributed by atoms with Gasteiger partial charge in [0.15, 0.2) is 0 Å². The van der Waals surface area contributed by atoms with Gasteiger partial charge in [-0.2, -0.15) is 0 Å². The summed E-state index contributed by atoms with van der Waals surface area (Å²) in [4.78, 5) is 11.7. The number of nitrogens with one attached hydrogen (secondary N) is 2. The summed E-state index contributed by atoms with van der Waals surface area (Å²) in [6, 6.07) is 0.322. The highest BCUT2D eigenvalue weighted by Gasteiger charge is 2.28. The standard InChI is InChI=1S/C11H22N2O/c1-4-5-8(2)13-11(14)9(3)10-6-12-7-10/h8-10,12H,4-7H2,1-3H3,(H,13,14). The molecule has 0 aliphatic carbocycles. The van der Waals surface area contributed by atoms with Crippen LogP contribution in [0.3, 0.4) is 0 Å². The van der Waals surface area contributed by atoms with E-state index in [1.165, 1.54) is 0 Å². The molecule has 1 saturated heterocycles. The SMILES string of the molecule is CCCC(C)NC(=O)C(C)C1CNC1. The molecule has 0 aromatic carbocycles. The van der Waals surface area contributed by atoms with Crippen molar-refractivity contribution in [3.05, 3.63) is 0 Å². The Labute approximate surface area is 86.6 Å². The van der Waals surface area contributed by atoms with Crippen molar-refractivity contribution >= 4 is 5.91 Å². The molecule has 2 atom stereocenters. The number of amides is 1. The van der Waals surface area contributed by atoms with E-state index in [0.29, 0.717) is 12.0 Å². The van der Waals surface area contributed by atoms with Gasteiger partial charge >= 0.3 is 0 Å². The van der Waals surface area contributed by atoms with Gasteiger partial charge in [0.05, 0.1) is 0 Å². The Morgan fingerprint density at radius 2 is 2.14 bits per heavy atom. The molecule has 3 heteroatoms. The lowest BCUT2D eigenvalue weighted by atomic mass is 9.88. The molecule has 0 spiro atoms. The van der Waals surface area contributed by atoms with Crippen LogP contribution in [0.15, 0.2) is 0 Å². The quantitative estimate of drug-likeness (QED) is 0.695. The van der Waals surface area contributed by atoms with Crippen LogP contribution < -0.4 is 10.6 Å². The van der Waals surface area contributed by atoms with Crippen molar-refractivity contribution in [3.63, 3.8) is 0 Å². The van der Waals surface area contributed by atoms with Crippen LogP contribution in [-0.2, 0) is 4.79 Å². The molecule has 0 bridgehead atoms. The average molecular weight is 198 g/mol. The van der Waals surface area contributed by atoms with Gasteiger partial charge in [0, 0.05) is 12.0 Å². The Balaban J connectivity index is 2.25. The fourth-order valence-corrected chi connectivity index (χ4v) is 1.76. The van der Waals surface area contributed by atoms with Crippen molar-refractivity contribution in [2.45, 2.75) is 39.7 Å². The van der Waals surface area contributed by atoms with E-state index in [0.717, 1.165) is 25.9 Å². The van der Waals surface area contributed by atoms with E-state index in [1.54, 1.807) is 0 Å². The fourth-order valence-electron chi connectivity index (χ4n) is 1.76. The van der Waals surface area contributed by atoms with Crippen LogP contribution in [-0.4, -0.2) is 25.0 Å². The highest BCUT2D eigenvalue weighted by Crippen LogP contribution is 2.16. The van der Waals surface area contributed by atoms with Gasteiger partial charge in [-0.1, -0.05) is 20.3 Å². The van der Waals surface area contributed by atoms with Crippen LogP contribution in [0.25, 0.3) is 0 Å². The maximum Gasteiger partial charge on any atom is 0.223 e. The Kier molecular flexibility index (Phi) is 4.39. The molecule has 1 rings (SSSR count). The minimum absolute atomic E-state index is 0.163. The summed E-state index contributed by atoms with van der Waals surface area (Å²) in [6.45, 7) is 8.24. The first-order chi connectivity index (χ1) is 6.65. The van der Waals surface area contributed by atoms with Gasteiger partial charge < -0.3 is 10.6 Å². The maximum atomic E-state index is 11.7. The molecule has 0 aromatic heterocycles. The number of rotatable bonds is 5. The lowest BCUT2D eigenvalue weighted by Gasteiger charge is -2.32. The monoisotopic (exact) mass is 198 g/mol. The Bertz CT molecular complexity index is 190. The topological polar surface area (TPSA) is 41.1 Å². The highest BCUT2D eigenvalue weighted by molar-refractivity contribution is 5.79.